The van der Waals surface area contributed by atoms with Crippen LogP contribution in [0, 0.1) is 6.92 Å². The van der Waals surface area contributed by atoms with E-state index < -0.39 is 17.9 Å². The molecule has 192 valence electrons. The third kappa shape index (κ3) is 7.41. The molecule has 1 heterocycles. The Labute approximate surface area is 221 Å². The minimum atomic E-state index is -1.03. The van der Waals surface area contributed by atoms with Gasteiger partial charge in [-0.3, -0.25) is 4.79 Å². The van der Waals surface area contributed by atoms with Gasteiger partial charge in [0.25, 0.3) is 5.91 Å². The average Bonchev–Trinajstić information content (AvgIpc) is 3.31. The fraction of sp³-hybridized carbons (Fsp3) is 0.393. The number of hydrogen-bond acceptors (Lipinski definition) is 6. The van der Waals surface area contributed by atoms with Gasteiger partial charge in [-0.2, -0.15) is 11.8 Å². The molecule has 0 spiro atoms. The van der Waals surface area contributed by atoms with Gasteiger partial charge < -0.3 is 15.2 Å². The molecule has 0 saturated carbocycles. The number of benzene rings is 2. The molecule has 0 fully saturated rings. The number of carboxylic acid groups (broad SMARTS) is 1. The first kappa shape index (κ1) is 27.9. The van der Waals surface area contributed by atoms with E-state index in [0.29, 0.717) is 31.0 Å². The Morgan fingerprint density at radius 3 is 2.53 bits per heavy atom. The van der Waals surface area contributed by atoms with Gasteiger partial charge in [0.1, 0.15) is 6.04 Å². The minimum absolute atomic E-state index is 0.0107. The van der Waals surface area contributed by atoms with Gasteiger partial charge in [-0.05, 0) is 59.7 Å². The van der Waals surface area contributed by atoms with Crippen LogP contribution in [-0.2, 0) is 28.2 Å². The van der Waals surface area contributed by atoms with Crippen molar-refractivity contribution in [1.29, 1.82) is 0 Å². The summed E-state index contributed by atoms with van der Waals surface area (Å²) in [5, 5.41) is 13.3. The molecule has 0 aliphatic heterocycles. The van der Waals surface area contributed by atoms with Crippen LogP contribution < -0.4 is 5.32 Å². The summed E-state index contributed by atoms with van der Waals surface area (Å²) in [4.78, 5) is 30.5. The molecule has 8 heteroatoms. The van der Waals surface area contributed by atoms with E-state index in [4.69, 9.17) is 4.74 Å². The summed E-state index contributed by atoms with van der Waals surface area (Å²) in [6.45, 7) is 9.27. The first-order valence-corrected chi connectivity index (χ1v) is 14.1. The van der Waals surface area contributed by atoms with E-state index in [1.54, 1.807) is 29.2 Å². The lowest BCUT2D eigenvalue weighted by Gasteiger charge is -2.17. The topological polar surface area (TPSA) is 88.5 Å². The number of nitrogens with zero attached hydrogens (tertiary/aromatic N) is 1. The van der Waals surface area contributed by atoms with Gasteiger partial charge in [-0.15, -0.1) is 11.3 Å². The summed E-state index contributed by atoms with van der Waals surface area (Å²) in [7, 11) is 0. The Morgan fingerprint density at radius 1 is 1.14 bits per heavy atom. The number of amides is 1. The number of rotatable bonds is 11. The Kier molecular flexibility index (Phi) is 9.70. The van der Waals surface area contributed by atoms with Gasteiger partial charge in [-0.1, -0.05) is 51.1 Å². The molecular weight excluding hydrogens is 492 g/mol. The van der Waals surface area contributed by atoms with Crippen molar-refractivity contribution in [1.82, 2.24) is 10.3 Å². The molecule has 2 N–H and O–H groups in total. The molecule has 2 aromatic carbocycles. The molecule has 6 nitrogen and oxygen atoms in total. The van der Waals surface area contributed by atoms with Gasteiger partial charge in [0, 0.05) is 17.2 Å². The number of carbonyl (C=O) groups is 2. The zero-order valence-corrected chi connectivity index (χ0v) is 23.1. The largest absolute Gasteiger partial charge is 0.480 e. The van der Waals surface area contributed by atoms with E-state index in [0.717, 1.165) is 32.1 Å². The minimum Gasteiger partial charge on any atom is -0.480 e. The average molecular weight is 527 g/mol. The highest BCUT2D eigenvalue weighted by atomic mass is 32.2. The first-order valence-electron chi connectivity index (χ1n) is 11.8. The molecule has 36 heavy (non-hydrogen) atoms. The van der Waals surface area contributed by atoms with Crippen molar-refractivity contribution in [3.05, 3.63) is 75.2 Å². The van der Waals surface area contributed by atoms with Crippen LogP contribution in [0.25, 0.3) is 11.1 Å². The van der Waals surface area contributed by atoms with Crippen LogP contribution in [0.1, 0.15) is 58.6 Å². The molecule has 0 aliphatic rings. The molecule has 1 amide bonds. The van der Waals surface area contributed by atoms with Crippen molar-refractivity contribution < 1.29 is 19.4 Å². The van der Waals surface area contributed by atoms with E-state index >= 15 is 0 Å². The van der Waals surface area contributed by atoms with Gasteiger partial charge in [0.05, 0.1) is 23.1 Å². The van der Waals surface area contributed by atoms with Crippen molar-refractivity contribution in [2.45, 2.75) is 58.8 Å². The number of aryl methyl sites for hydroxylation is 1. The Balaban J connectivity index is 1.82. The maximum absolute atomic E-state index is 13.2. The third-order valence-corrected chi connectivity index (χ3v) is 7.73. The second-order valence-corrected chi connectivity index (χ2v) is 11.8. The van der Waals surface area contributed by atoms with Crippen LogP contribution in [0.5, 0.6) is 0 Å². The SMILES string of the molecule is CSCCC(NC(=O)c1ccc(COCc2cnc(C(C)(C)C)s2)cc1-c1ccccc1C)C(=O)O. The summed E-state index contributed by atoms with van der Waals surface area (Å²) < 4.78 is 5.98. The molecule has 0 radical (unpaired) electrons. The number of thiazole rings is 1. The van der Waals surface area contributed by atoms with Crippen LogP contribution in [0.3, 0.4) is 0 Å². The number of aromatic nitrogens is 1. The smallest absolute Gasteiger partial charge is 0.326 e. The highest BCUT2D eigenvalue weighted by Gasteiger charge is 2.23. The van der Waals surface area contributed by atoms with E-state index in [1.165, 1.54) is 0 Å². The predicted octanol–water partition coefficient (Wildman–Crippen LogP) is 6.07. The normalized spacial score (nSPS) is 12.4. The molecule has 1 aromatic heterocycles. The van der Waals surface area contributed by atoms with E-state index in [1.807, 2.05) is 55.8 Å². The second kappa shape index (κ2) is 12.5. The number of hydrogen-bond donors (Lipinski definition) is 2. The zero-order chi connectivity index (χ0) is 26.3. The standard InChI is InChI=1S/C28H34N2O4S2/c1-18-8-6-7-9-21(18)23-14-19(16-34-17-20-15-29-27(36-20)28(2,3)4)10-11-22(23)25(31)30-24(26(32)33)12-13-35-5/h6-11,14-15,24H,12-13,16-17H2,1-5H3,(H,30,31)(H,32,33). The number of nitrogens with one attached hydrogen (secondary N) is 1. The summed E-state index contributed by atoms with van der Waals surface area (Å²) in [6, 6.07) is 12.5. The van der Waals surface area contributed by atoms with Crippen molar-refractivity contribution in [3.8, 4) is 11.1 Å². The molecule has 1 unspecified atom stereocenters. The van der Waals surface area contributed by atoms with Crippen LogP contribution in [0.2, 0.25) is 0 Å². The van der Waals surface area contributed by atoms with Crippen LogP contribution in [-0.4, -0.2) is 40.0 Å². The number of ether oxygens (including phenoxy) is 1. The Hall–Kier alpha value is -2.68. The van der Waals surface area contributed by atoms with Gasteiger partial charge in [-0.25, -0.2) is 9.78 Å². The molecule has 0 aliphatic carbocycles. The maximum Gasteiger partial charge on any atom is 0.326 e. The predicted molar refractivity (Wildman–Crippen MR) is 148 cm³/mol. The second-order valence-electron chi connectivity index (χ2n) is 9.72. The highest BCUT2D eigenvalue weighted by Crippen LogP contribution is 2.30. The first-order chi connectivity index (χ1) is 17.1. The lowest BCUT2D eigenvalue weighted by molar-refractivity contribution is -0.139. The zero-order valence-electron chi connectivity index (χ0n) is 21.5. The Morgan fingerprint density at radius 2 is 1.89 bits per heavy atom. The number of carbonyl (C=O) groups excluding carboxylic acids is 1. The van der Waals surface area contributed by atoms with Crippen LogP contribution >= 0.6 is 23.1 Å². The Bertz CT molecular complexity index is 1200. The van der Waals surface area contributed by atoms with Gasteiger partial charge >= 0.3 is 5.97 Å². The van der Waals surface area contributed by atoms with Gasteiger partial charge in [0.15, 0.2) is 0 Å². The summed E-state index contributed by atoms with van der Waals surface area (Å²) in [5.41, 5.74) is 4.10. The molecule has 0 saturated heterocycles. The van der Waals surface area contributed by atoms with E-state index in [9.17, 15) is 14.7 Å². The summed E-state index contributed by atoms with van der Waals surface area (Å²) >= 11 is 3.21. The number of thioether (sulfide) groups is 1. The van der Waals surface area contributed by atoms with Crippen molar-refractivity contribution in [3.63, 3.8) is 0 Å². The van der Waals surface area contributed by atoms with Crippen molar-refractivity contribution >= 4 is 35.0 Å². The summed E-state index contributed by atoms with van der Waals surface area (Å²) in [5.74, 6) is -0.777. The quantitative estimate of drug-likeness (QED) is 0.315. The lowest BCUT2D eigenvalue weighted by Crippen LogP contribution is -2.41. The lowest BCUT2D eigenvalue weighted by atomic mass is 9.93. The molecule has 3 rings (SSSR count). The summed E-state index contributed by atoms with van der Waals surface area (Å²) in [6.07, 6.45) is 4.14. The highest BCUT2D eigenvalue weighted by molar-refractivity contribution is 7.98. The van der Waals surface area contributed by atoms with Crippen molar-refractivity contribution in [2.75, 3.05) is 12.0 Å². The van der Waals surface area contributed by atoms with E-state index in [2.05, 4.69) is 31.1 Å². The van der Waals surface area contributed by atoms with Crippen LogP contribution in [0.15, 0.2) is 48.7 Å². The monoisotopic (exact) mass is 526 g/mol. The van der Waals surface area contributed by atoms with Crippen molar-refractivity contribution in [2.24, 2.45) is 0 Å². The number of carboxylic acids is 1. The van der Waals surface area contributed by atoms with E-state index in [-0.39, 0.29) is 5.41 Å². The molecule has 1 atom stereocenters. The fourth-order valence-electron chi connectivity index (χ4n) is 3.70. The third-order valence-electron chi connectivity index (χ3n) is 5.69. The van der Waals surface area contributed by atoms with Crippen LogP contribution in [0.4, 0.5) is 0 Å². The molecular formula is C28H34N2O4S2. The fourth-order valence-corrected chi connectivity index (χ4v) is 5.08. The molecule has 0 bridgehead atoms. The molecule has 3 aromatic rings. The van der Waals surface area contributed by atoms with Gasteiger partial charge in [0.2, 0.25) is 0 Å². The number of aliphatic carboxylic acids is 1. The maximum atomic E-state index is 13.2.